The van der Waals surface area contributed by atoms with Gasteiger partial charge >= 0.3 is 11.9 Å². The average Bonchev–Trinajstić information content (AvgIpc) is 2.41. The van der Waals surface area contributed by atoms with E-state index in [1.165, 1.54) is 0 Å². The van der Waals surface area contributed by atoms with Crippen molar-refractivity contribution in [1.29, 1.82) is 0 Å². The molecule has 0 saturated heterocycles. The Labute approximate surface area is 134 Å². The van der Waals surface area contributed by atoms with Crippen molar-refractivity contribution < 1.29 is 24.5 Å². The average molecular weight is 330 g/mol. The number of benzene rings is 1. The van der Waals surface area contributed by atoms with Crippen LogP contribution in [0.15, 0.2) is 24.8 Å². The molecule has 0 aromatic heterocycles. The van der Waals surface area contributed by atoms with Crippen molar-refractivity contribution in [3.63, 3.8) is 0 Å². The summed E-state index contributed by atoms with van der Waals surface area (Å²) in [6.07, 6.45) is 1.82. The fraction of sp³-hybridized carbons (Fsp3) is 0.333. The minimum absolute atomic E-state index is 0.609. The molecule has 0 amide bonds. The van der Waals surface area contributed by atoms with Crippen molar-refractivity contribution in [2.24, 2.45) is 0 Å². The Morgan fingerprint density at radius 3 is 2.36 bits per heavy atom. The van der Waals surface area contributed by atoms with Crippen LogP contribution in [0.5, 0.6) is 5.75 Å². The van der Waals surface area contributed by atoms with Gasteiger partial charge in [0.25, 0.3) is 0 Å². The first-order valence-electron chi connectivity index (χ1n) is 6.47. The van der Waals surface area contributed by atoms with Crippen molar-refractivity contribution in [3.8, 4) is 5.75 Å². The summed E-state index contributed by atoms with van der Waals surface area (Å²) in [6, 6.07) is 3.99. The summed E-state index contributed by atoms with van der Waals surface area (Å²) in [5.74, 6) is -2.86. The van der Waals surface area contributed by atoms with Crippen LogP contribution in [0.25, 0.3) is 0 Å². The van der Waals surface area contributed by atoms with Gasteiger partial charge in [0.2, 0.25) is 0 Å². The second-order valence-electron chi connectivity index (χ2n) is 4.34. The number of hydrogen-bond donors (Lipinski definition) is 3. The number of carbonyl (C=O) groups is 2. The lowest BCUT2D eigenvalue weighted by atomic mass is 10.1. The van der Waals surface area contributed by atoms with Gasteiger partial charge in [0.15, 0.2) is 0 Å². The molecule has 122 valence electrons. The van der Waals surface area contributed by atoms with Crippen LogP contribution in [-0.4, -0.2) is 41.8 Å². The molecule has 0 radical (unpaired) electrons. The van der Waals surface area contributed by atoms with Crippen LogP contribution in [0.3, 0.4) is 0 Å². The van der Waals surface area contributed by atoms with Gasteiger partial charge in [-0.05, 0) is 31.0 Å². The van der Waals surface area contributed by atoms with Crippen molar-refractivity contribution in [3.05, 3.63) is 40.9 Å². The Hall–Kier alpha value is -2.05. The van der Waals surface area contributed by atoms with E-state index in [9.17, 15) is 0 Å². The number of ether oxygens (including phenoxy) is 1. The van der Waals surface area contributed by atoms with Gasteiger partial charge in [0, 0.05) is 13.1 Å². The first kappa shape index (κ1) is 19.9. The van der Waals surface area contributed by atoms with Gasteiger partial charge in [0.05, 0.1) is 5.02 Å². The first-order valence-corrected chi connectivity index (χ1v) is 6.84. The van der Waals surface area contributed by atoms with E-state index in [4.69, 9.17) is 36.1 Å². The summed E-state index contributed by atoms with van der Waals surface area (Å²) in [5, 5.41) is 18.6. The number of aliphatic carboxylic acids is 2. The highest BCUT2D eigenvalue weighted by molar-refractivity contribution is 6.32. The standard InChI is InChI=1S/C13H18ClNO.C2H2O4/c1-4-5-15-6-7-16-13-11(3)8-10(2)9-12(13)14;3-1(4)2(5)6/h4,8-9,15H,1,5-7H2,2-3H3;(H,3,4)(H,5,6). The van der Waals surface area contributed by atoms with E-state index in [0.717, 1.165) is 30.0 Å². The van der Waals surface area contributed by atoms with Crippen molar-refractivity contribution in [2.45, 2.75) is 13.8 Å². The second-order valence-corrected chi connectivity index (χ2v) is 4.75. The van der Waals surface area contributed by atoms with Crippen molar-refractivity contribution >= 4 is 23.5 Å². The summed E-state index contributed by atoms with van der Waals surface area (Å²) in [5.41, 5.74) is 2.23. The van der Waals surface area contributed by atoms with Gasteiger partial charge in [-0.1, -0.05) is 23.7 Å². The van der Waals surface area contributed by atoms with E-state index in [1.54, 1.807) is 0 Å². The zero-order valence-electron chi connectivity index (χ0n) is 12.6. The molecule has 0 aliphatic heterocycles. The minimum Gasteiger partial charge on any atom is -0.490 e. The zero-order valence-corrected chi connectivity index (χ0v) is 13.3. The summed E-state index contributed by atoms with van der Waals surface area (Å²) in [4.78, 5) is 18.2. The van der Waals surface area contributed by atoms with Crippen LogP contribution < -0.4 is 10.1 Å². The van der Waals surface area contributed by atoms with Gasteiger partial charge in [-0.25, -0.2) is 9.59 Å². The molecule has 0 aliphatic rings. The van der Waals surface area contributed by atoms with Crippen LogP contribution >= 0.6 is 11.6 Å². The van der Waals surface area contributed by atoms with E-state index in [0.29, 0.717) is 11.6 Å². The highest BCUT2D eigenvalue weighted by atomic mass is 35.5. The number of nitrogens with one attached hydrogen (secondary N) is 1. The molecule has 0 fully saturated rings. The molecule has 1 aromatic carbocycles. The number of carboxylic acid groups (broad SMARTS) is 2. The second kappa shape index (κ2) is 10.6. The van der Waals surface area contributed by atoms with E-state index >= 15 is 0 Å². The fourth-order valence-electron chi connectivity index (χ4n) is 1.51. The largest absolute Gasteiger partial charge is 0.490 e. The Morgan fingerprint density at radius 2 is 1.91 bits per heavy atom. The maximum absolute atomic E-state index is 9.10. The van der Waals surface area contributed by atoms with Gasteiger partial charge in [0.1, 0.15) is 12.4 Å². The molecule has 0 heterocycles. The maximum atomic E-state index is 9.10. The third-order valence-electron chi connectivity index (χ3n) is 2.37. The van der Waals surface area contributed by atoms with Gasteiger partial charge in [-0.3, -0.25) is 0 Å². The molecule has 0 aliphatic carbocycles. The Kier molecular flexibility index (Phi) is 9.65. The SMILES string of the molecule is C=CCNCCOc1c(C)cc(C)cc1Cl.O=C(O)C(=O)O. The number of halogens is 1. The lowest BCUT2D eigenvalue weighted by molar-refractivity contribution is -0.159. The van der Waals surface area contributed by atoms with Crippen molar-refractivity contribution in [2.75, 3.05) is 19.7 Å². The fourth-order valence-corrected chi connectivity index (χ4v) is 1.89. The first-order chi connectivity index (χ1) is 10.3. The Bertz CT molecular complexity index is 496. The molecule has 6 nitrogen and oxygen atoms in total. The summed E-state index contributed by atoms with van der Waals surface area (Å²) in [6.45, 7) is 9.85. The number of rotatable bonds is 6. The van der Waals surface area contributed by atoms with E-state index < -0.39 is 11.9 Å². The topological polar surface area (TPSA) is 95.9 Å². The summed E-state index contributed by atoms with van der Waals surface area (Å²) < 4.78 is 5.64. The number of carboxylic acids is 2. The Morgan fingerprint density at radius 1 is 1.32 bits per heavy atom. The predicted octanol–water partition coefficient (Wildman–Crippen LogP) is 2.27. The molecule has 1 aromatic rings. The molecule has 1 rings (SSSR count). The normalized spacial score (nSPS) is 9.41. The van der Waals surface area contributed by atoms with Crippen molar-refractivity contribution in [1.82, 2.24) is 5.32 Å². The van der Waals surface area contributed by atoms with Crippen LogP contribution in [0, 0.1) is 13.8 Å². The van der Waals surface area contributed by atoms with Gasteiger partial charge < -0.3 is 20.3 Å². The minimum atomic E-state index is -1.82. The molecule has 0 atom stereocenters. The smallest absolute Gasteiger partial charge is 0.414 e. The third kappa shape index (κ3) is 8.28. The van der Waals surface area contributed by atoms with Crippen LogP contribution in [0.4, 0.5) is 0 Å². The van der Waals surface area contributed by atoms with Crippen LogP contribution in [-0.2, 0) is 9.59 Å². The quantitative estimate of drug-likeness (QED) is 0.421. The molecule has 0 spiro atoms. The van der Waals surface area contributed by atoms with E-state index in [2.05, 4.69) is 18.0 Å². The molecule has 0 unspecified atom stereocenters. The predicted molar refractivity (Wildman–Crippen MR) is 84.8 cm³/mol. The molecule has 0 saturated carbocycles. The molecular formula is C15H20ClNO5. The maximum Gasteiger partial charge on any atom is 0.414 e. The van der Waals surface area contributed by atoms with E-state index in [-0.39, 0.29) is 0 Å². The third-order valence-corrected chi connectivity index (χ3v) is 2.65. The molecule has 22 heavy (non-hydrogen) atoms. The lowest BCUT2D eigenvalue weighted by Crippen LogP contribution is -2.21. The number of aryl methyl sites for hydroxylation is 2. The van der Waals surface area contributed by atoms with Gasteiger partial charge in [-0.2, -0.15) is 0 Å². The highest BCUT2D eigenvalue weighted by Crippen LogP contribution is 2.29. The van der Waals surface area contributed by atoms with Gasteiger partial charge in [-0.15, -0.1) is 6.58 Å². The lowest BCUT2D eigenvalue weighted by Gasteiger charge is -2.12. The van der Waals surface area contributed by atoms with E-state index in [1.807, 2.05) is 26.0 Å². The van der Waals surface area contributed by atoms with Crippen LogP contribution in [0.2, 0.25) is 5.02 Å². The molecule has 0 bridgehead atoms. The van der Waals surface area contributed by atoms with Crippen LogP contribution in [0.1, 0.15) is 11.1 Å². The highest BCUT2D eigenvalue weighted by Gasteiger charge is 2.06. The summed E-state index contributed by atoms with van der Waals surface area (Å²) in [7, 11) is 0. The zero-order chi connectivity index (χ0) is 17.1. The molecule has 3 N–H and O–H groups in total. The monoisotopic (exact) mass is 329 g/mol. The molecular weight excluding hydrogens is 310 g/mol. The molecule has 7 heteroatoms. The number of hydrogen-bond acceptors (Lipinski definition) is 4. The Balaban J connectivity index is 0.000000626. The summed E-state index contributed by atoms with van der Waals surface area (Å²) >= 11 is 6.11.